The molecule has 1 amide bonds. The Morgan fingerprint density at radius 3 is 2.94 bits per heavy atom. The zero-order valence-electron chi connectivity index (χ0n) is 10.8. The molecule has 1 rings (SSSR count). The number of carbonyl (C=O) groups is 1. The first-order chi connectivity index (χ1) is 8.69. The van der Waals surface area contributed by atoms with Crippen LogP contribution >= 0.6 is 0 Å². The first kappa shape index (κ1) is 14.0. The van der Waals surface area contributed by atoms with E-state index in [9.17, 15) is 4.79 Å². The normalized spacial score (nSPS) is 11.4. The fourth-order valence-electron chi connectivity index (χ4n) is 1.59. The zero-order valence-corrected chi connectivity index (χ0v) is 10.8. The summed E-state index contributed by atoms with van der Waals surface area (Å²) in [4.78, 5) is 11.7. The highest BCUT2D eigenvalue weighted by Gasteiger charge is 2.08. The van der Waals surface area contributed by atoms with Crippen molar-refractivity contribution in [1.82, 2.24) is 0 Å². The van der Waals surface area contributed by atoms with Gasteiger partial charge < -0.3 is 10.1 Å². The van der Waals surface area contributed by atoms with Gasteiger partial charge in [0, 0.05) is 24.1 Å². The van der Waals surface area contributed by atoms with Crippen LogP contribution in [0.3, 0.4) is 0 Å². The van der Waals surface area contributed by atoms with Crippen LogP contribution in [0.25, 0.3) is 0 Å². The molecule has 0 heterocycles. The standard InChI is InChI=1S/C14H18N2O2/c1-3-11(10-15)7-8-14(17)16-12-5-4-6-13(9-12)18-2/h4-6,9,11H,3,7-8H2,1-2H3,(H,16,17). The Hall–Kier alpha value is -2.02. The number of nitrogens with zero attached hydrogens (tertiary/aromatic N) is 1. The van der Waals surface area contributed by atoms with E-state index in [1.54, 1.807) is 13.2 Å². The second-order valence-corrected chi connectivity index (χ2v) is 4.05. The van der Waals surface area contributed by atoms with Crippen molar-refractivity contribution in [3.63, 3.8) is 0 Å². The largest absolute Gasteiger partial charge is 0.497 e. The van der Waals surface area contributed by atoms with Crippen molar-refractivity contribution in [2.24, 2.45) is 5.92 Å². The predicted molar refractivity (Wildman–Crippen MR) is 70.3 cm³/mol. The van der Waals surface area contributed by atoms with E-state index in [-0.39, 0.29) is 11.8 Å². The Labute approximate surface area is 108 Å². The average Bonchev–Trinajstić information content (AvgIpc) is 2.40. The number of hydrogen-bond donors (Lipinski definition) is 1. The van der Waals surface area contributed by atoms with Crippen molar-refractivity contribution in [1.29, 1.82) is 5.26 Å². The maximum Gasteiger partial charge on any atom is 0.224 e. The second-order valence-electron chi connectivity index (χ2n) is 4.05. The van der Waals surface area contributed by atoms with Gasteiger partial charge in [-0.3, -0.25) is 4.79 Å². The summed E-state index contributed by atoms with van der Waals surface area (Å²) < 4.78 is 5.08. The van der Waals surface area contributed by atoms with Gasteiger partial charge in [-0.1, -0.05) is 13.0 Å². The summed E-state index contributed by atoms with van der Waals surface area (Å²) in [5.41, 5.74) is 0.712. The average molecular weight is 246 g/mol. The van der Waals surface area contributed by atoms with E-state index in [0.717, 1.165) is 6.42 Å². The van der Waals surface area contributed by atoms with Crippen LogP contribution in [-0.2, 0) is 4.79 Å². The summed E-state index contributed by atoms with van der Waals surface area (Å²) in [6.07, 6.45) is 1.75. The number of nitrogens with one attached hydrogen (secondary N) is 1. The van der Waals surface area contributed by atoms with Gasteiger partial charge in [-0.2, -0.15) is 5.26 Å². The van der Waals surface area contributed by atoms with Gasteiger partial charge >= 0.3 is 0 Å². The van der Waals surface area contributed by atoms with Crippen molar-refractivity contribution in [2.75, 3.05) is 12.4 Å². The van der Waals surface area contributed by atoms with E-state index in [4.69, 9.17) is 10.00 Å². The van der Waals surface area contributed by atoms with Crippen molar-refractivity contribution in [2.45, 2.75) is 26.2 Å². The number of benzene rings is 1. The SMILES string of the molecule is CCC(C#N)CCC(=O)Nc1cccc(OC)c1. The number of ether oxygens (including phenoxy) is 1. The van der Waals surface area contributed by atoms with E-state index in [1.807, 2.05) is 25.1 Å². The second kappa shape index (κ2) is 7.33. The smallest absolute Gasteiger partial charge is 0.224 e. The van der Waals surface area contributed by atoms with Gasteiger partial charge in [0.2, 0.25) is 5.91 Å². The van der Waals surface area contributed by atoms with Crippen LogP contribution < -0.4 is 10.1 Å². The van der Waals surface area contributed by atoms with Crippen LogP contribution in [0.1, 0.15) is 26.2 Å². The third-order valence-corrected chi connectivity index (χ3v) is 2.75. The van der Waals surface area contributed by atoms with Crippen LogP contribution in [0.5, 0.6) is 5.75 Å². The van der Waals surface area contributed by atoms with Gasteiger partial charge in [0.05, 0.1) is 13.2 Å². The molecule has 0 radical (unpaired) electrons. The highest BCUT2D eigenvalue weighted by Crippen LogP contribution is 2.17. The van der Waals surface area contributed by atoms with Gasteiger partial charge in [0.25, 0.3) is 0 Å². The molecule has 1 aromatic carbocycles. The minimum atomic E-state index is -0.0723. The number of rotatable bonds is 6. The molecule has 0 spiro atoms. The minimum Gasteiger partial charge on any atom is -0.497 e. The fraction of sp³-hybridized carbons (Fsp3) is 0.429. The Morgan fingerprint density at radius 2 is 2.33 bits per heavy atom. The van der Waals surface area contributed by atoms with Crippen molar-refractivity contribution >= 4 is 11.6 Å². The number of hydrogen-bond acceptors (Lipinski definition) is 3. The molecule has 96 valence electrons. The molecule has 4 nitrogen and oxygen atoms in total. The van der Waals surface area contributed by atoms with E-state index >= 15 is 0 Å². The summed E-state index contributed by atoms with van der Waals surface area (Å²) in [6.45, 7) is 1.95. The topological polar surface area (TPSA) is 62.1 Å². The summed E-state index contributed by atoms with van der Waals surface area (Å²) in [6, 6.07) is 9.40. The quantitative estimate of drug-likeness (QED) is 0.839. The maximum absolute atomic E-state index is 11.7. The lowest BCUT2D eigenvalue weighted by atomic mass is 10.0. The predicted octanol–water partition coefficient (Wildman–Crippen LogP) is 2.96. The summed E-state index contributed by atoms with van der Waals surface area (Å²) in [7, 11) is 1.58. The molecule has 0 saturated heterocycles. The van der Waals surface area contributed by atoms with Crippen LogP contribution in [0.2, 0.25) is 0 Å². The Bertz CT molecular complexity index is 438. The van der Waals surface area contributed by atoms with Gasteiger partial charge in [0.15, 0.2) is 0 Å². The van der Waals surface area contributed by atoms with Crippen LogP contribution in [0, 0.1) is 17.2 Å². The molecule has 1 atom stereocenters. The number of nitriles is 1. The van der Waals surface area contributed by atoms with Gasteiger partial charge in [0.1, 0.15) is 5.75 Å². The molecular weight excluding hydrogens is 228 g/mol. The first-order valence-corrected chi connectivity index (χ1v) is 6.03. The maximum atomic E-state index is 11.7. The molecular formula is C14H18N2O2. The molecule has 1 aromatic rings. The monoisotopic (exact) mass is 246 g/mol. The first-order valence-electron chi connectivity index (χ1n) is 6.03. The molecule has 0 aliphatic carbocycles. The summed E-state index contributed by atoms with van der Waals surface area (Å²) in [5, 5.41) is 11.6. The number of carbonyl (C=O) groups excluding carboxylic acids is 1. The third-order valence-electron chi connectivity index (χ3n) is 2.75. The van der Waals surface area contributed by atoms with Gasteiger partial charge in [-0.05, 0) is 25.0 Å². The van der Waals surface area contributed by atoms with Gasteiger partial charge in [-0.25, -0.2) is 0 Å². The molecule has 0 saturated carbocycles. The third kappa shape index (κ3) is 4.46. The highest BCUT2D eigenvalue weighted by atomic mass is 16.5. The van der Waals surface area contributed by atoms with Gasteiger partial charge in [-0.15, -0.1) is 0 Å². The lowest BCUT2D eigenvalue weighted by molar-refractivity contribution is -0.116. The lowest BCUT2D eigenvalue weighted by Gasteiger charge is -2.08. The summed E-state index contributed by atoms with van der Waals surface area (Å²) >= 11 is 0. The molecule has 0 bridgehead atoms. The lowest BCUT2D eigenvalue weighted by Crippen LogP contribution is -2.12. The molecule has 0 aliphatic rings. The van der Waals surface area contributed by atoms with Crippen molar-refractivity contribution < 1.29 is 9.53 Å². The van der Waals surface area contributed by atoms with E-state index in [2.05, 4.69) is 11.4 Å². The highest BCUT2D eigenvalue weighted by molar-refractivity contribution is 5.90. The van der Waals surface area contributed by atoms with E-state index < -0.39 is 0 Å². The number of anilines is 1. The Balaban J connectivity index is 2.47. The minimum absolute atomic E-state index is 0.0407. The molecule has 4 heteroatoms. The van der Waals surface area contributed by atoms with Crippen molar-refractivity contribution in [3.8, 4) is 11.8 Å². The molecule has 18 heavy (non-hydrogen) atoms. The van der Waals surface area contributed by atoms with Crippen molar-refractivity contribution in [3.05, 3.63) is 24.3 Å². The van der Waals surface area contributed by atoms with E-state index in [1.165, 1.54) is 0 Å². The molecule has 1 N–H and O–H groups in total. The Kier molecular flexibility index (Phi) is 5.72. The number of amides is 1. The molecule has 0 fully saturated rings. The van der Waals surface area contributed by atoms with Crippen LogP contribution in [-0.4, -0.2) is 13.0 Å². The van der Waals surface area contributed by atoms with Crippen LogP contribution in [0.15, 0.2) is 24.3 Å². The molecule has 0 aliphatic heterocycles. The van der Waals surface area contributed by atoms with E-state index in [0.29, 0.717) is 24.3 Å². The Morgan fingerprint density at radius 1 is 1.56 bits per heavy atom. The summed E-state index contributed by atoms with van der Waals surface area (Å²) in [5.74, 6) is 0.592. The molecule has 1 unspecified atom stereocenters. The molecule has 0 aromatic heterocycles. The fourth-order valence-corrected chi connectivity index (χ4v) is 1.59. The van der Waals surface area contributed by atoms with Crippen LogP contribution in [0.4, 0.5) is 5.69 Å². The zero-order chi connectivity index (χ0) is 13.4. The number of methoxy groups -OCH3 is 1.